The first-order valence-corrected chi connectivity index (χ1v) is 3.67. The molecular weight excluding hydrogens is 132 g/mol. The van der Waals surface area contributed by atoms with Crippen molar-refractivity contribution < 1.29 is 11.0 Å². The molecule has 50 valence electrons. The lowest BCUT2D eigenvalue weighted by molar-refractivity contribution is 0.823. The van der Waals surface area contributed by atoms with Gasteiger partial charge < -0.3 is 11.0 Å². The second kappa shape index (κ2) is 16.0. The summed E-state index contributed by atoms with van der Waals surface area (Å²) in [6, 6.07) is 0. The van der Waals surface area contributed by atoms with E-state index >= 15 is 0 Å². The van der Waals surface area contributed by atoms with Crippen LogP contribution in [-0.2, 0) is 10.9 Å². The van der Waals surface area contributed by atoms with E-state index < -0.39 is 0 Å². The molecule has 0 saturated carbocycles. The molecule has 0 radical (unpaired) electrons. The van der Waals surface area contributed by atoms with Crippen LogP contribution in [-0.4, -0.2) is 29.7 Å². The summed E-state index contributed by atoms with van der Waals surface area (Å²) < 4.78 is 0. The van der Waals surface area contributed by atoms with Crippen molar-refractivity contribution >= 4 is 24.4 Å². The summed E-state index contributed by atoms with van der Waals surface area (Å²) in [5.74, 6) is 0. The monoisotopic (exact) mass is 146 g/mol. The molecular formula is C3H14O2S2. The Morgan fingerprint density at radius 1 is 1.00 bits per heavy atom. The van der Waals surface area contributed by atoms with Crippen LogP contribution in [0.5, 0.6) is 0 Å². The van der Waals surface area contributed by atoms with E-state index in [1.807, 2.05) is 0 Å². The van der Waals surface area contributed by atoms with Gasteiger partial charge >= 0.3 is 0 Å². The Bertz CT molecular complexity index is 15.7. The predicted octanol–water partition coefficient (Wildman–Crippen LogP) is -0.395. The highest BCUT2D eigenvalue weighted by atomic mass is 32.2. The smallest absolute Gasteiger partial charge is 0.0969 e. The fraction of sp³-hybridized carbons (Fsp3) is 1.00. The Hall–Kier alpha value is 0.620. The molecule has 7 heavy (non-hydrogen) atoms. The zero-order valence-electron chi connectivity index (χ0n) is 4.86. The molecule has 0 bridgehead atoms. The highest BCUT2D eigenvalue weighted by Gasteiger charge is 1.77. The van der Waals surface area contributed by atoms with Gasteiger partial charge in [0.05, 0.1) is 18.8 Å². The van der Waals surface area contributed by atoms with E-state index in [1.54, 1.807) is 0 Å². The average Bonchev–Trinajstić information content (AvgIpc) is 0.811. The molecule has 0 aliphatic carbocycles. The summed E-state index contributed by atoms with van der Waals surface area (Å²) in [6.07, 6.45) is 6.58. The molecule has 0 spiro atoms. The van der Waals surface area contributed by atoms with Crippen LogP contribution in [0, 0.1) is 0 Å². The summed E-state index contributed by atoms with van der Waals surface area (Å²) in [5.41, 5.74) is 0. The van der Waals surface area contributed by atoms with Gasteiger partial charge in [-0.25, -0.2) is 0 Å². The Morgan fingerprint density at radius 2 is 1.00 bits per heavy atom. The van der Waals surface area contributed by atoms with Gasteiger partial charge in [-0.1, -0.05) is 0 Å². The maximum Gasteiger partial charge on any atom is 0.0969 e. The molecule has 0 fully saturated rings. The van der Waals surface area contributed by atoms with Crippen LogP contribution in [0.1, 0.15) is 0 Å². The van der Waals surface area contributed by atoms with E-state index in [0.717, 1.165) is 0 Å². The van der Waals surface area contributed by atoms with Crippen LogP contribution >= 0.6 is 13.5 Å². The topological polar surface area (TPSA) is 61.5 Å². The molecule has 0 amide bonds. The highest BCUT2D eigenvalue weighted by Crippen LogP contribution is 1.63. The molecule has 0 atom stereocenters. The molecule has 0 aromatic heterocycles. The van der Waals surface area contributed by atoms with Gasteiger partial charge in [0, 0.05) is 0 Å². The quantitative estimate of drug-likeness (QED) is 0.429. The summed E-state index contributed by atoms with van der Waals surface area (Å²) in [4.78, 5) is 0. The van der Waals surface area contributed by atoms with Gasteiger partial charge in [-0.05, 0) is 10.9 Å². The standard InChI is InChI=1S/C3H9S.2H2O.H2S/c1-4(2)3;;;/h1-3H3;3*1H2/q+1;;;/p-1. The summed E-state index contributed by atoms with van der Waals surface area (Å²) in [5, 5.41) is 0. The zero-order valence-corrected chi connectivity index (χ0v) is 6.67. The van der Waals surface area contributed by atoms with Gasteiger partial charge in [0.1, 0.15) is 0 Å². The Balaban J connectivity index is -0.0000000150. The minimum Gasteiger partial charge on any atom is -0.870 e. The second-order valence-corrected chi connectivity index (χ2v) is 3.67. The van der Waals surface area contributed by atoms with Crippen molar-refractivity contribution in [2.45, 2.75) is 0 Å². The van der Waals surface area contributed by atoms with Crippen molar-refractivity contribution in [3.05, 3.63) is 0 Å². The van der Waals surface area contributed by atoms with Gasteiger partial charge in [-0.3, -0.25) is 0 Å². The Morgan fingerprint density at radius 3 is 1.00 bits per heavy atom. The van der Waals surface area contributed by atoms with E-state index in [1.165, 1.54) is 0 Å². The Labute approximate surface area is 54.7 Å². The molecule has 0 saturated heterocycles. The third-order valence-electron chi connectivity index (χ3n) is 0. The number of hydrogen-bond acceptors (Lipinski definition) is 1. The van der Waals surface area contributed by atoms with E-state index in [2.05, 4.69) is 18.8 Å². The van der Waals surface area contributed by atoms with Crippen molar-refractivity contribution in [2.75, 3.05) is 18.8 Å². The summed E-state index contributed by atoms with van der Waals surface area (Å²) in [6.45, 7) is 0. The molecule has 0 aromatic carbocycles. The minimum absolute atomic E-state index is 0. The first kappa shape index (κ1) is 25.5. The van der Waals surface area contributed by atoms with E-state index in [4.69, 9.17) is 0 Å². The minimum atomic E-state index is 0. The molecule has 0 unspecified atom stereocenters. The zero-order chi connectivity index (χ0) is 3.58. The van der Waals surface area contributed by atoms with Crippen LogP contribution in [0.15, 0.2) is 0 Å². The molecule has 0 rings (SSSR count). The number of rotatable bonds is 0. The largest absolute Gasteiger partial charge is 0.870 e. The summed E-state index contributed by atoms with van der Waals surface area (Å²) >= 11 is 0. The van der Waals surface area contributed by atoms with Crippen molar-refractivity contribution in [2.24, 2.45) is 0 Å². The lowest BCUT2D eigenvalue weighted by Gasteiger charge is -1.69. The van der Waals surface area contributed by atoms with Gasteiger partial charge in [-0.15, -0.1) is 0 Å². The van der Waals surface area contributed by atoms with Crippen LogP contribution in [0.4, 0.5) is 0 Å². The molecule has 0 aliphatic rings. The summed E-state index contributed by atoms with van der Waals surface area (Å²) in [7, 11) is 0.639. The van der Waals surface area contributed by atoms with Crippen molar-refractivity contribution in [1.29, 1.82) is 0 Å². The maximum absolute atomic E-state index is 2.19. The predicted molar refractivity (Wildman–Crippen MR) is 41.1 cm³/mol. The fourth-order valence-corrected chi connectivity index (χ4v) is 0. The first-order chi connectivity index (χ1) is 1.73. The van der Waals surface area contributed by atoms with Gasteiger partial charge in [-0.2, -0.15) is 13.5 Å². The molecule has 0 aromatic rings. The molecule has 0 heterocycles. The van der Waals surface area contributed by atoms with Crippen molar-refractivity contribution in [3.8, 4) is 0 Å². The van der Waals surface area contributed by atoms with Crippen LogP contribution in [0.3, 0.4) is 0 Å². The van der Waals surface area contributed by atoms with Crippen LogP contribution in [0.25, 0.3) is 0 Å². The Kier molecular flexibility index (Phi) is 58.1. The number of hydrogen-bond donors (Lipinski definition) is 0. The normalized spacial score (nSPS) is 5.14. The lowest BCUT2D eigenvalue weighted by atomic mass is 11.9. The van der Waals surface area contributed by atoms with Gasteiger partial charge in [0.2, 0.25) is 0 Å². The second-order valence-electron chi connectivity index (χ2n) is 1.22. The van der Waals surface area contributed by atoms with Crippen LogP contribution in [0.2, 0.25) is 0 Å². The molecule has 3 N–H and O–H groups in total. The molecule has 0 aliphatic heterocycles. The third-order valence-corrected chi connectivity index (χ3v) is 0. The average molecular weight is 146 g/mol. The molecule has 2 nitrogen and oxygen atoms in total. The molecule has 4 heteroatoms. The van der Waals surface area contributed by atoms with E-state index in [0.29, 0.717) is 10.9 Å². The lowest BCUT2D eigenvalue weighted by Crippen LogP contribution is -1.84. The van der Waals surface area contributed by atoms with Gasteiger partial charge in [0.25, 0.3) is 0 Å². The van der Waals surface area contributed by atoms with E-state index in [-0.39, 0.29) is 24.4 Å². The highest BCUT2D eigenvalue weighted by molar-refractivity contribution is 7.94. The van der Waals surface area contributed by atoms with Crippen molar-refractivity contribution in [3.63, 3.8) is 0 Å². The van der Waals surface area contributed by atoms with Crippen molar-refractivity contribution in [1.82, 2.24) is 0 Å². The fourth-order valence-electron chi connectivity index (χ4n) is 0. The van der Waals surface area contributed by atoms with Crippen LogP contribution < -0.4 is 0 Å². The third kappa shape index (κ3) is 368. The maximum atomic E-state index is 2.19. The SMILES string of the molecule is C[S+](C)C.O.S.[OH-]. The van der Waals surface area contributed by atoms with Gasteiger partial charge in [0.15, 0.2) is 0 Å². The van der Waals surface area contributed by atoms with E-state index in [9.17, 15) is 0 Å². The first-order valence-electron chi connectivity index (χ1n) is 1.22.